The summed E-state index contributed by atoms with van der Waals surface area (Å²) < 4.78 is 15.6. The molecule has 1 aromatic heterocycles. The maximum absolute atomic E-state index is 13.9. The Labute approximate surface area is 127 Å². The van der Waals surface area contributed by atoms with Crippen LogP contribution in [0, 0.1) is 12.7 Å². The third kappa shape index (κ3) is 2.81. The quantitative estimate of drug-likeness (QED) is 0.729. The summed E-state index contributed by atoms with van der Waals surface area (Å²) >= 11 is 6.08. The molecule has 0 saturated heterocycles. The molecule has 0 bridgehead atoms. The van der Waals surface area contributed by atoms with Crippen molar-refractivity contribution < 1.29 is 4.39 Å². The molecule has 0 fully saturated rings. The Kier molecular flexibility index (Phi) is 3.71. The highest BCUT2D eigenvalue weighted by atomic mass is 35.5. The molecule has 3 rings (SSSR count). The summed E-state index contributed by atoms with van der Waals surface area (Å²) in [6.45, 7) is 2.06. The van der Waals surface area contributed by atoms with E-state index in [0.717, 1.165) is 5.56 Å². The van der Waals surface area contributed by atoms with Crippen molar-refractivity contribution in [3.63, 3.8) is 0 Å². The highest BCUT2D eigenvalue weighted by Gasteiger charge is 2.14. The molecule has 1 heterocycles. The van der Waals surface area contributed by atoms with Crippen LogP contribution in [0.1, 0.15) is 11.4 Å². The lowest BCUT2D eigenvalue weighted by Crippen LogP contribution is -2.06. The van der Waals surface area contributed by atoms with Crippen LogP contribution in [0.25, 0.3) is 11.4 Å². The molecular formula is C16H13ClFN3. The van der Waals surface area contributed by atoms with Crippen LogP contribution in [0.5, 0.6) is 0 Å². The molecule has 21 heavy (non-hydrogen) atoms. The molecule has 2 aromatic carbocycles. The molecule has 0 N–H and O–H groups in total. The first-order valence-electron chi connectivity index (χ1n) is 6.55. The zero-order chi connectivity index (χ0) is 14.8. The average Bonchev–Trinajstić information content (AvgIpc) is 2.85. The van der Waals surface area contributed by atoms with Gasteiger partial charge in [-0.25, -0.2) is 14.1 Å². The molecule has 0 aliphatic rings. The molecule has 0 amide bonds. The fourth-order valence-corrected chi connectivity index (χ4v) is 2.42. The fourth-order valence-electron chi connectivity index (χ4n) is 2.20. The van der Waals surface area contributed by atoms with E-state index in [-0.39, 0.29) is 12.4 Å². The Bertz CT molecular complexity index is 748. The molecule has 3 nitrogen and oxygen atoms in total. The molecule has 0 radical (unpaired) electrons. The van der Waals surface area contributed by atoms with Gasteiger partial charge in [-0.3, -0.25) is 0 Å². The van der Waals surface area contributed by atoms with Crippen LogP contribution < -0.4 is 0 Å². The number of nitrogens with zero attached hydrogens (tertiary/aromatic N) is 3. The first-order valence-corrected chi connectivity index (χ1v) is 6.92. The molecule has 5 heteroatoms. The molecule has 0 saturated carbocycles. The highest BCUT2D eigenvalue weighted by Crippen LogP contribution is 2.23. The van der Waals surface area contributed by atoms with Gasteiger partial charge in [0.25, 0.3) is 0 Å². The van der Waals surface area contributed by atoms with Gasteiger partial charge in [0.15, 0.2) is 5.82 Å². The van der Waals surface area contributed by atoms with Crippen LogP contribution in [0.2, 0.25) is 5.02 Å². The smallest absolute Gasteiger partial charge is 0.158 e. The van der Waals surface area contributed by atoms with Gasteiger partial charge in [0, 0.05) is 16.1 Å². The molecule has 0 aliphatic carbocycles. The molecule has 106 valence electrons. The first-order chi connectivity index (χ1) is 10.1. The molecule has 0 atom stereocenters. The van der Waals surface area contributed by atoms with Gasteiger partial charge in [-0.05, 0) is 19.1 Å². The minimum absolute atomic E-state index is 0.247. The summed E-state index contributed by atoms with van der Waals surface area (Å²) in [5.74, 6) is 1.00. The molecule has 0 aliphatic heterocycles. The van der Waals surface area contributed by atoms with E-state index in [4.69, 9.17) is 11.6 Å². The number of aryl methyl sites for hydroxylation is 1. The summed E-state index contributed by atoms with van der Waals surface area (Å²) in [7, 11) is 0. The second-order valence-corrected chi connectivity index (χ2v) is 5.11. The Morgan fingerprint density at radius 1 is 1.10 bits per heavy atom. The lowest BCUT2D eigenvalue weighted by Gasteiger charge is -2.08. The van der Waals surface area contributed by atoms with Crippen molar-refractivity contribution in [2.45, 2.75) is 13.5 Å². The summed E-state index contributed by atoms with van der Waals surface area (Å²) in [6, 6.07) is 14.3. The monoisotopic (exact) mass is 301 g/mol. The topological polar surface area (TPSA) is 30.7 Å². The largest absolute Gasteiger partial charge is 0.241 e. The van der Waals surface area contributed by atoms with Gasteiger partial charge in [0.2, 0.25) is 0 Å². The predicted molar refractivity (Wildman–Crippen MR) is 80.7 cm³/mol. The van der Waals surface area contributed by atoms with Gasteiger partial charge < -0.3 is 0 Å². The Morgan fingerprint density at radius 2 is 1.86 bits per heavy atom. The molecule has 0 unspecified atom stereocenters. The number of benzene rings is 2. The van der Waals surface area contributed by atoms with E-state index in [0.29, 0.717) is 22.2 Å². The normalized spacial score (nSPS) is 10.8. The van der Waals surface area contributed by atoms with E-state index in [1.54, 1.807) is 16.8 Å². The van der Waals surface area contributed by atoms with Crippen LogP contribution in [-0.4, -0.2) is 14.8 Å². The lowest BCUT2D eigenvalue weighted by molar-refractivity contribution is 0.586. The molecule has 3 aromatic rings. The Balaban J connectivity index is 2.04. The van der Waals surface area contributed by atoms with E-state index in [2.05, 4.69) is 10.1 Å². The second-order valence-electron chi connectivity index (χ2n) is 4.71. The summed E-state index contributed by atoms with van der Waals surface area (Å²) in [4.78, 5) is 4.42. The van der Waals surface area contributed by atoms with Crippen LogP contribution in [0.3, 0.4) is 0 Å². The van der Waals surface area contributed by atoms with Gasteiger partial charge in [-0.1, -0.05) is 48.0 Å². The van der Waals surface area contributed by atoms with E-state index in [9.17, 15) is 4.39 Å². The number of hydrogen-bond acceptors (Lipinski definition) is 2. The summed E-state index contributed by atoms with van der Waals surface area (Å²) in [5.41, 5.74) is 1.35. The van der Waals surface area contributed by atoms with Crippen molar-refractivity contribution in [1.82, 2.24) is 14.8 Å². The third-order valence-electron chi connectivity index (χ3n) is 3.18. The van der Waals surface area contributed by atoms with Gasteiger partial charge in [-0.2, -0.15) is 5.10 Å². The molecular weight excluding hydrogens is 289 g/mol. The fraction of sp³-hybridized carbons (Fsp3) is 0.125. The van der Waals surface area contributed by atoms with E-state index < -0.39 is 0 Å². The van der Waals surface area contributed by atoms with Crippen LogP contribution >= 0.6 is 11.6 Å². The predicted octanol–water partition coefficient (Wildman–Crippen LogP) is 4.09. The number of rotatable bonds is 3. The van der Waals surface area contributed by atoms with Crippen molar-refractivity contribution in [2.75, 3.05) is 0 Å². The minimum Gasteiger partial charge on any atom is -0.241 e. The van der Waals surface area contributed by atoms with Gasteiger partial charge in [0.1, 0.15) is 11.6 Å². The van der Waals surface area contributed by atoms with Crippen molar-refractivity contribution >= 4 is 11.6 Å². The van der Waals surface area contributed by atoms with E-state index >= 15 is 0 Å². The maximum Gasteiger partial charge on any atom is 0.158 e. The Hall–Kier alpha value is -2.20. The third-order valence-corrected chi connectivity index (χ3v) is 3.53. The Morgan fingerprint density at radius 3 is 2.57 bits per heavy atom. The second kappa shape index (κ2) is 5.66. The average molecular weight is 302 g/mol. The van der Waals surface area contributed by atoms with Crippen molar-refractivity contribution in [1.29, 1.82) is 0 Å². The summed E-state index contributed by atoms with van der Waals surface area (Å²) in [5, 5.41) is 4.74. The van der Waals surface area contributed by atoms with Gasteiger partial charge in [0.05, 0.1) is 6.54 Å². The van der Waals surface area contributed by atoms with E-state index in [1.165, 1.54) is 6.07 Å². The SMILES string of the molecule is Cc1nc(-c2ccccc2)n(Cc2c(F)cccc2Cl)n1. The number of hydrogen-bond donors (Lipinski definition) is 0. The van der Waals surface area contributed by atoms with Crippen LogP contribution in [0.15, 0.2) is 48.5 Å². The highest BCUT2D eigenvalue weighted by molar-refractivity contribution is 6.31. The maximum atomic E-state index is 13.9. The van der Waals surface area contributed by atoms with Gasteiger partial charge in [-0.15, -0.1) is 0 Å². The van der Waals surface area contributed by atoms with Crippen molar-refractivity contribution in [2.24, 2.45) is 0 Å². The van der Waals surface area contributed by atoms with E-state index in [1.807, 2.05) is 37.3 Å². The zero-order valence-electron chi connectivity index (χ0n) is 11.4. The first kappa shape index (κ1) is 13.8. The van der Waals surface area contributed by atoms with Crippen LogP contribution in [0.4, 0.5) is 4.39 Å². The number of halogens is 2. The van der Waals surface area contributed by atoms with Gasteiger partial charge >= 0.3 is 0 Å². The zero-order valence-corrected chi connectivity index (χ0v) is 12.2. The van der Waals surface area contributed by atoms with Crippen molar-refractivity contribution in [3.05, 3.63) is 70.8 Å². The standard InChI is InChI=1S/C16H13ClFN3/c1-11-19-16(12-6-3-2-4-7-12)21(20-11)10-13-14(17)8-5-9-15(13)18/h2-9H,10H2,1H3. The van der Waals surface area contributed by atoms with Crippen LogP contribution in [-0.2, 0) is 6.54 Å². The molecule has 0 spiro atoms. The van der Waals surface area contributed by atoms with Crippen molar-refractivity contribution in [3.8, 4) is 11.4 Å². The lowest BCUT2D eigenvalue weighted by atomic mass is 10.2. The summed E-state index contributed by atoms with van der Waals surface area (Å²) in [6.07, 6.45) is 0. The minimum atomic E-state index is -0.338. The number of aromatic nitrogens is 3.